The summed E-state index contributed by atoms with van der Waals surface area (Å²) in [5, 5.41) is 0. The summed E-state index contributed by atoms with van der Waals surface area (Å²) < 4.78 is 5.57. The van der Waals surface area contributed by atoms with Gasteiger partial charge in [0.15, 0.2) is 0 Å². The van der Waals surface area contributed by atoms with Gasteiger partial charge in [-0.25, -0.2) is 0 Å². The number of rotatable bonds is 1. The minimum atomic E-state index is -0.248. The molecule has 86 valence electrons. The molecule has 1 fully saturated rings. The van der Waals surface area contributed by atoms with Crippen molar-refractivity contribution in [2.24, 2.45) is 0 Å². The Morgan fingerprint density at radius 3 is 2.41 bits per heavy atom. The normalized spacial score (nSPS) is 16.9. The number of methoxy groups -OCH3 is 1. The lowest BCUT2D eigenvalue weighted by atomic mass is 10.0. The van der Waals surface area contributed by atoms with Gasteiger partial charge in [-0.3, -0.25) is 0 Å². The van der Waals surface area contributed by atoms with Crippen molar-refractivity contribution in [2.45, 2.75) is 31.3 Å². The predicted octanol–water partition coefficient (Wildman–Crippen LogP) is 2.98. The first-order valence-electron chi connectivity index (χ1n) is 5.94. The molecule has 0 bridgehead atoms. The third-order valence-corrected chi connectivity index (χ3v) is 3.31. The van der Waals surface area contributed by atoms with E-state index in [1.807, 2.05) is 24.3 Å². The highest BCUT2D eigenvalue weighted by Crippen LogP contribution is 2.32. The zero-order valence-electron chi connectivity index (χ0n) is 10.1. The molecule has 0 amide bonds. The molecule has 1 aliphatic rings. The van der Waals surface area contributed by atoms with Crippen molar-refractivity contribution in [3.8, 4) is 24.2 Å². The molecule has 0 atom stereocenters. The van der Waals surface area contributed by atoms with Crippen LogP contribution in [0, 0.1) is 24.2 Å². The van der Waals surface area contributed by atoms with Gasteiger partial charge in [-0.15, -0.1) is 6.42 Å². The molecular weight excluding hydrogens is 208 g/mol. The van der Waals surface area contributed by atoms with Crippen molar-refractivity contribution in [3.63, 3.8) is 0 Å². The Morgan fingerprint density at radius 2 is 1.82 bits per heavy atom. The number of benzene rings is 1. The Balaban J connectivity index is 2.29. The highest BCUT2D eigenvalue weighted by atomic mass is 16.5. The van der Waals surface area contributed by atoms with E-state index in [1.165, 1.54) is 12.8 Å². The third-order valence-electron chi connectivity index (χ3n) is 3.31. The van der Waals surface area contributed by atoms with E-state index in [0.29, 0.717) is 0 Å². The summed E-state index contributed by atoms with van der Waals surface area (Å²) in [5.41, 5.74) is 1.52. The van der Waals surface area contributed by atoms with E-state index in [2.05, 4.69) is 17.8 Å². The quantitative estimate of drug-likeness (QED) is 0.666. The summed E-state index contributed by atoms with van der Waals surface area (Å²) in [6.07, 6.45) is 9.88. The Bertz CT molecular complexity index is 490. The van der Waals surface area contributed by atoms with Gasteiger partial charge in [0.05, 0.1) is 0 Å². The molecule has 0 spiro atoms. The Hall–Kier alpha value is -1.70. The summed E-state index contributed by atoms with van der Waals surface area (Å²) >= 11 is 0. The van der Waals surface area contributed by atoms with Crippen molar-refractivity contribution < 1.29 is 4.74 Å². The molecule has 2 rings (SSSR count). The fraction of sp³-hybridized carbons (Fsp3) is 0.375. The third kappa shape index (κ3) is 2.52. The van der Waals surface area contributed by atoms with Gasteiger partial charge < -0.3 is 4.74 Å². The van der Waals surface area contributed by atoms with Crippen molar-refractivity contribution in [2.75, 3.05) is 7.11 Å². The van der Waals surface area contributed by atoms with Crippen molar-refractivity contribution in [1.29, 1.82) is 0 Å². The topological polar surface area (TPSA) is 9.23 Å². The number of ether oxygens (including phenoxy) is 1. The largest absolute Gasteiger partial charge is 0.366 e. The molecule has 0 aliphatic heterocycles. The molecule has 1 aromatic rings. The van der Waals surface area contributed by atoms with Gasteiger partial charge in [-0.05, 0) is 37.8 Å². The summed E-state index contributed by atoms with van der Waals surface area (Å²) in [5.74, 6) is 9.11. The number of hydrogen-bond donors (Lipinski definition) is 0. The maximum atomic E-state index is 5.57. The molecule has 1 aromatic carbocycles. The maximum Gasteiger partial charge on any atom is 0.128 e. The zero-order valence-corrected chi connectivity index (χ0v) is 10.1. The van der Waals surface area contributed by atoms with Gasteiger partial charge in [-0.2, -0.15) is 0 Å². The molecule has 17 heavy (non-hydrogen) atoms. The first-order chi connectivity index (χ1) is 8.29. The first kappa shape index (κ1) is 11.8. The number of terminal acetylenes is 1. The van der Waals surface area contributed by atoms with Crippen LogP contribution in [-0.2, 0) is 4.74 Å². The van der Waals surface area contributed by atoms with Crippen LogP contribution >= 0.6 is 0 Å². The minimum Gasteiger partial charge on any atom is -0.366 e. The van der Waals surface area contributed by atoms with Gasteiger partial charge in [0.25, 0.3) is 0 Å². The van der Waals surface area contributed by atoms with Gasteiger partial charge in [-0.1, -0.05) is 29.9 Å². The standard InChI is InChI=1S/C16H16O/c1-3-14-8-4-5-9-15(14)10-13-16(17-2)11-6-7-12-16/h1,4-5,8-9H,6-7,11-12H2,2H3. The van der Waals surface area contributed by atoms with Crippen LogP contribution in [0.15, 0.2) is 24.3 Å². The average Bonchev–Trinajstić information content (AvgIpc) is 2.86. The van der Waals surface area contributed by atoms with Crippen LogP contribution in [0.4, 0.5) is 0 Å². The van der Waals surface area contributed by atoms with Crippen molar-refractivity contribution in [1.82, 2.24) is 0 Å². The second-order valence-electron chi connectivity index (χ2n) is 4.35. The van der Waals surface area contributed by atoms with Crippen LogP contribution in [0.3, 0.4) is 0 Å². The van der Waals surface area contributed by atoms with E-state index in [-0.39, 0.29) is 5.60 Å². The smallest absolute Gasteiger partial charge is 0.128 e. The first-order valence-corrected chi connectivity index (χ1v) is 5.94. The molecule has 0 unspecified atom stereocenters. The highest BCUT2D eigenvalue weighted by molar-refractivity contribution is 5.49. The summed E-state index contributed by atoms with van der Waals surface area (Å²) in [6.45, 7) is 0. The van der Waals surface area contributed by atoms with Crippen LogP contribution in [0.25, 0.3) is 0 Å². The van der Waals surface area contributed by atoms with E-state index in [1.54, 1.807) is 7.11 Å². The average molecular weight is 224 g/mol. The molecule has 1 aliphatic carbocycles. The molecule has 0 aromatic heterocycles. The predicted molar refractivity (Wildman–Crippen MR) is 69.5 cm³/mol. The fourth-order valence-electron chi connectivity index (χ4n) is 2.23. The van der Waals surface area contributed by atoms with Crippen LogP contribution in [0.2, 0.25) is 0 Å². The van der Waals surface area contributed by atoms with E-state index in [9.17, 15) is 0 Å². The second-order valence-corrected chi connectivity index (χ2v) is 4.35. The Kier molecular flexibility index (Phi) is 3.52. The van der Waals surface area contributed by atoms with Gasteiger partial charge in [0, 0.05) is 18.2 Å². The van der Waals surface area contributed by atoms with Gasteiger partial charge in [0.1, 0.15) is 5.60 Å². The molecule has 0 N–H and O–H groups in total. The molecule has 1 nitrogen and oxygen atoms in total. The molecule has 1 saturated carbocycles. The van der Waals surface area contributed by atoms with Crippen LogP contribution in [0.5, 0.6) is 0 Å². The molecule has 0 saturated heterocycles. The van der Waals surface area contributed by atoms with Gasteiger partial charge in [0.2, 0.25) is 0 Å². The number of hydrogen-bond acceptors (Lipinski definition) is 1. The van der Waals surface area contributed by atoms with E-state index < -0.39 is 0 Å². The maximum absolute atomic E-state index is 5.57. The Labute approximate surface area is 103 Å². The SMILES string of the molecule is C#Cc1ccccc1C#CC1(OC)CCCC1. The highest BCUT2D eigenvalue weighted by Gasteiger charge is 2.31. The lowest BCUT2D eigenvalue weighted by Crippen LogP contribution is -2.24. The molecule has 1 heteroatoms. The van der Waals surface area contributed by atoms with Crippen molar-refractivity contribution in [3.05, 3.63) is 35.4 Å². The van der Waals surface area contributed by atoms with Gasteiger partial charge >= 0.3 is 0 Å². The second kappa shape index (κ2) is 5.09. The van der Waals surface area contributed by atoms with Crippen molar-refractivity contribution >= 4 is 0 Å². The van der Waals surface area contributed by atoms with E-state index in [0.717, 1.165) is 24.0 Å². The summed E-state index contributed by atoms with van der Waals surface area (Å²) in [7, 11) is 1.74. The van der Waals surface area contributed by atoms with Crippen LogP contribution in [0.1, 0.15) is 36.8 Å². The lowest BCUT2D eigenvalue weighted by molar-refractivity contribution is 0.0475. The molecular formula is C16H16O. The van der Waals surface area contributed by atoms with Crippen LogP contribution in [-0.4, -0.2) is 12.7 Å². The lowest BCUT2D eigenvalue weighted by Gasteiger charge is -2.19. The summed E-state index contributed by atoms with van der Waals surface area (Å²) in [6, 6.07) is 7.76. The van der Waals surface area contributed by atoms with Crippen LogP contribution < -0.4 is 0 Å². The minimum absolute atomic E-state index is 0.248. The Morgan fingerprint density at radius 1 is 1.18 bits per heavy atom. The van der Waals surface area contributed by atoms with E-state index >= 15 is 0 Å². The molecule has 0 radical (unpaired) electrons. The van der Waals surface area contributed by atoms with E-state index in [4.69, 9.17) is 11.2 Å². The summed E-state index contributed by atoms with van der Waals surface area (Å²) in [4.78, 5) is 0. The molecule has 0 heterocycles. The fourth-order valence-corrected chi connectivity index (χ4v) is 2.23. The zero-order chi connectivity index (χ0) is 12.1. The monoisotopic (exact) mass is 224 g/mol.